The minimum Gasteiger partial charge on any atom is -0.381 e. The molecule has 0 saturated heterocycles. The highest BCUT2D eigenvalue weighted by molar-refractivity contribution is 7.22. The topological polar surface area (TPSA) is 82.7 Å². The van der Waals surface area contributed by atoms with E-state index in [1.807, 2.05) is 28.7 Å². The third-order valence-electron chi connectivity index (χ3n) is 6.36. The molecule has 0 bridgehead atoms. The van der Waals surface area contributed by atoms with Gasteiger partial charge in [-0.3, -0.25) is 4.68 Å². The summed E-state index contributed by atoms with van der Waals surface area (Å²) >= 11 is 1.66. The van der Waals surface area contributed by atoms with Gasteiger partial charge in [-0.25, -0.2) is 15.0 Å². The molecule has 1 saturated carbocycles. The van der Waals surface area contributed by atoms with Gasteiger partial charge < -0.3 is 14.6 Å². The Kier molecular flexibility index (Phi) is 5.46. The molecule has 0 spiro atoms. The fourth-order valence-corrected chi connectivity index (χ4v) is 5.39. The van der Waals surface area contributed by atoms with Crippen LogP contribution in [0.15, 0.2) is 24.7 Å². The number of anilines is 1. The number of thiophene rings is 1. The van der Waals surface area contributed by atoms with Gasteiger partial charge in [-0.1, -0.05) is 0 Å². The largest absolute Gasteiger partial charge is 0.381 e. The van der Waals surface area contributed by atoms with Crippen molar-refractivity contribution in [2.75, 3.05) is 19.0 Å². The van der Waals surface area contributed by atoms with Crippen LogP contribution in [0.3, 0.4) is 0 Å². The number of nitrogens with one attached hydrogen (secondary N) is 1. The van der Waals surface area contributed by atoms with Gasteiger partial charge in [0.2, 0.25) is 0 Å². The molecule has 4 aromatic heterocycles. The van der Waals surface area contributed by atoms with E-state index in [1.54, 1.807) is 24.6 Å². The fourth-order valence-electron chi connectivity index (χ4n) is 4.25. The summed E-state index contributed by atoms with van der Waals surface area (Å²) in [5.41, 5.74) is 2.13. The Labute approximate surface area is 191 Å². The van der Waals surface area contributed by atoms with Crippen molar-refractivity contribution < 1.29 is 4.74 Å². The van der Waals surface area contributed by atoms with Crippen molar-refractivity contribution in [1.82, 2.24) is 29.3 Å². The Morgan fingerprint density at radius 1 is 1.25 bits per heavy atom. The second-order valence-electron chi connectivity index (χ2n) is 8.76. The van der Waals surface area contributed by atoms with Crippen molar-refractivity contribution in [3.05, 3.63) is 30.2 Å². The van der Waals surface area contributed by atoms with Crippen LogP contribution in [0.4, 0.5) is 5.82 Å². The maximum atomic E-state index is 5.59. The molecule has 168 valence electrons. The highest BCUT2D eigenvalue weighted by Crippen LogP contribution is 2.41. The molecule has 2 atom stereocenters. The summed E-state index contributed by atoms with van der Waals surface area (Å²) in [4.78, 5) is 16.4. The maximum Gasteiger partial charge on any atom is 0.199 e. The predicted molar refractivity (Wildman–Crippen MR) is 128 cm³/mol. The molecule has 4 heterocycles. The summed E-state index contributed by atoms with van der Waals surface area (Å²) in [6.07, 6.45) is 8.35. The molecule has 9 heteroatoms. The molecule has 1 aliphatic rings. The number of rotatable bonds is 7. The highest BCUT2D eigenvalue weighted by Gasteiger charge is 2.31. The Hall–Kier alpha value is -2.78. The van der Waals surface area contributed by atoms with Gasteiger partial charge in [0.1, 0.15) is 16.3 Å². The quantitative estimate of drug-likeness (QED) is 0.439. The zero-order chi connectivity index (χ0) is 22.4. The summed E-state index contributed by atoms with van der Waals surface area (Å²) in [6, 6.07) is 2.40. The second kappa shape index (κ2) is 8.29. The number of hydrogen-bond donors (Lipinski definition) is 1. The molecule has 1 fully saturated rings. The van der Waals surface area contributed by atoms with E-state index in [4.69, 9.17) is 19.8 Å². The highest BCUT2D eigenvalue weighted by atomic mass is 32.1. The summed E-state index contributed by atoms with van der Waals surface area (Å²) in [5.74, 6) is 2.75. The standard InChI is InChI=1S/C23H29N7OS/c1-13(2)30-10-8-16(28-30)19-14(3)18-20(25-12-15-6-7-17(15)31-5)26-21(27-23(18)32-19)22-24-9-11-29(22)4/h8-11,13,15,17H,6-7,12H2,1-5H3,(H,25,26,27)/t15?,17-/m1/s1. The Balaban J connectivity index is 1.59. The van der Waals surface area contributed by atoms with Crippen LogP contribution in [0.2, 0.25) is 0 Å². The molecule has 4 aromatic rings. The Morgan fingerprint density at radius 3 is 2.72 bits per heavy atom. The lowest BCUT2D eigenvalue weighted by molar-refractivity contribution is -0.0101. The van der Waals surface area contributed by atoms with Crippen LogP contribution in [0.1, 0.15) is 38.3 Å². The van der Waals surface area contributed by atoms with E-state index in [0.29, 0.717) is 23.9 Å². The number of hydrogen-bond acceptors (Lipinski definition) is 7. The van der Waals surface area contributed by atoms with Crippen molar-refractivity contribution in [2.45, 2.75) is 45.8 Å². The zero-order valence-corrected chi connectivity index (χ0v) is 20.0. The van der Waals surface area contributed by atoms with Crippen molar-refractivity contribution in [2.24, 2.45) is 13.0 Å². The number of aromatic nitrogens is 6. The number of fused-ring (bicyclic) bond motifs is 1. The molecule has 0 aromatic carbocycles. The molecule has 0 radical (unpaired) electrons. The van der Waals surface area contributed by atoms with Crippen LogP contribution in [0, 0.1) is 12.8 Å². The van der Waals surface area contributed by atoms with Gasteiger partial charge in [0.15, 0.2) is 11.6 Å². The number of imidazole rings is 1. The second-order valence-corrected chi connectivity index (χ2v) is 9.76. The minimum absolute atomic E-state index is 0.321. The minimum atomic E-state index is 0.321. The molecule has 5 rings (SSSR count). The first-order chi connectivity index (χ1) is 15.5. The summed E-state index contributed by atoms with van der Waals surface area (Å²) in [6.45, 7) is 7.24. The normalized spacial score (nSPS) is 18.4. The van der Waals surface area contributed by atoms with Crippen molar-refractivity contribution >= 4 is 27.4 Å². The number of ether oxygens (including phenoxy) is 1. The molecule has 0 aliphatic heterocycles. The molecule has 0 amide bonds. The first-order valence-corrected chi connectivity index (χ1v) is 11.9. The monoisotopic (exact) mass is 451 g/mol. The lowest BCUT2D eigenvalue weighted by atomic mass is 9.82. The number of nitrogens with zero attached hydrogens (tertiary/aromatic N) is 6. The summed E-state index contributed by atoms with van der Waals surface area (Å²) in [7, 11) is 3.76. The fraction of sp³-hybridized carbons (Fsp3) is 0.478. The van der Waals surface area contributed by atoms with E-state index in [1.165, 1.54) is 6.42 Å². The van der Waals surface area contributed by atoms with Crippen LogP contribution in [-0.4, -0.2) is 49.1 Å². The Morgan fingerprint density at radius 2 is 2.09 bits per heavy atom. The molecular weight excluding hydrogens is 422 g/mol. The number of methoxy groups -OCH3 is 1. The SMILES string of the molecule is CO[C@@H]1CCC1CNc1nc(-c2nccn2C)nc2sc(-c3ccn(C(C)C)n3)c(C)c12. The molecule has 32 heavy (non-hydrogen) atoms. The van der Waals surface area contributed by atoms with Crippen LogP contribution in [0.5, 0.6) is 0 Å². The van der Waals surface area contributed by atoms with E-state index in [-0.39, 0.29) is 0 Å². The van der Waals surface area contributed by atoms with Gasteiger partial charge in [0.05, 0.1) is 16.4 Å². The van der Waals surface area contributed by atoms with Gasteiger partial charge in [0.25, 0.3) is 0 Å². The molecule has 1 N–H and O–H groups in total. The van der Waals surface area contributed by atoms with Gasteiger partial charge in [0, 0.05) is 51.3 Å². The zero-order valence-electron chi connectivity index (χ0n) is 19.2. The molecular formula is C23H29N7OS. The van der Waals surface area contributed by atoms with E-state index in [2.05, 4.69) is 37.1 Å². The average molecular weight is 452 g/mol. The van der Waals surface area contributed by atoms with Crippen molar-refractivity contribution in [1.29, 1.82) is 0 Å². The van der Waals surface area contributed by atoms with Crippen LogP contribution < -0.4 is 5.32 Å². The third-order valence-corrected chi connectivity index (χ3v) is 7.57. The van der Waals surface area contributed by atoms with Crippen LogP contribution in [-0.2, 0) is 11.8 Å². The third kappa shape index (κ3) is 3.59. The lowest BCUT2D eigenvalue weighted by Crippen LogP contribution is -2.38. The first-order valence-electron chi connectivity index (χ1n) is 11.1. The van der Waals surface area contributed by atoms with Crippen molar-refractivity contribution in [3.8, 4) is 22.2 Å². The van der Waals surface area contributed by atoms with E-state index >= 15 is 0 Å². The van der Waals surface area contributed by atoms with Gasteiger partial charge in [-0.2, -0.15) is 5.10 Å². The summed E-state index contributed by atoms with van der Waals surface area (Å²) in [5, 5.41) is 9.48. The lowest BCUT2D eigenvalue weighted by Gasteiger charge is -2.35. The number of aryl methyl sites for hydroxylation is 2. The van der Waals surface area contributed by atoms with E-state index < -0.39 is 0 Å². The van der Waals surface area contributed by atoms with Gasteiger partial charge in [-0.15, -0.1) is 11.3 Å². The Bertz CT molecular complexity index is 1250. The van der Waals surface area contributed by atoms with E-state index in [0.717, 1.165) is 51.0 Å². The average Bonchev–Trinajstić information content (AvgIpc) is 3.46. The van der Waals surface area contributed by atoms with E-state index in [9.17, 15) is 0 Å². The summed E-state index contributed by atoms with van der Waals surface area (Å²) < 4.78 is 9.52. The molecule has 8 nitrogen and oxygen atoms in total. The van der Waals surface area contributed by atoms with Crippen LogP contribution in [0.25, 0.3) is 32.4 Å². The first kappa shape index (κ1) is 21.1. The van der Waals surface area contributed by atoms with Crippen LogP contribution >= 0.6 is 11.3 Å². The smallest absolute Gasteiger partial charge is 0.199 e. The van der Waals surface area contributed by atoms with Gasteiger partial charge in [-0.05, 0) is 45.2 Å². The van der Waals surface area contributed by atoms with Gasteiger partial charge >= 0.3 is 0 Å². The molecule has 1 aliphatic carbocycles. The predicted octanol–water partition coefficient (Wildman–Crippen LogP) is 4.68. The molecule has 1 unspecified atom stereocenters. The van der Waals surface area contributed by atoms with Crippen molar-refractivity contribution in [3.63, 3.8) is 0 Å². The maximum absolute atomic E-state index is 5.59.